The number of para-hydroxylation sites is 1. The van der Waals surface area contributed by atoms with Crippen LogP contribution in [0.1, 0.15) is 15.9 Å². The Balaban J connectivity index is 2.21. The Morgan fingerprint density at radius 3 is 2.74 bits per heavy atom. The summed E-state index contributed by atoms with van der Waals surface area (Å²) in [5.41, 5.74) is 4.91. The molecule has 0 unspecified atom stereocenters. The number of carbonyl (C=O) groups is 1. The molecular formula is C17H13NO. The van der Waals surface area contributed by atoms with Gasteiger partial charge in [0, 0.05) is 22.7 Å². The van der Waals surface area contributed by atoms with Gasteiger partial charge in [-0.15, -0.1) is 0 Å². The van der Waals surface area contributed by atoms with Gasteiger partial charge >= 0.3 is 0 Å². The zero-order chi connectivity index (χ0) is 13.2. The zero-order valence-electron chi connectivity index (χ0n) is 10.6. The van der Waals surface area contributed by atoms with E-state index in [1.165, 1.54) is 0 Å². The predicted molar refractivity (Wildman–Crippen MR) is 77.3 cm³/mol. The largest absolute Gasteiger partial charge is 0.298 e. The van der Waals surface area contributed by atoms with Crippen molar-refractivity contribution in [2.24, 2.45) is 0 Å². The standard InChI is InChI=1S/C17H13NO/c1-12-6-7-13(11-19)8-16(12)15-9-14-4-2-3-5-17(14)18-10-15/h2-11H,1H3. The summed E-state index contributed by atoms with van der Waals surface area (Å²) < 4.78 is 0. The summed E-state index contributed by atoms with van der Waals surface area (Å²) in [6.07, 6.45) is 2.73. The molecular weight excluding hydrogens is 234 g/mol. The molecule has 0 radical (unpaired) electrons. The van der Waals surface area contributed by atoms with E-state index in [9.17, 15) is 4.79 Å². The van der Waals surface area contributed by atoms with E-state index in [1.807, 2.05) is 55.6 Å². The van der Waals surface area contributed by atoms with Crippen LogP contribution < -0.4 is 0 Å². The summed E-state index contributed by atoms with van der Waals surface area (Å²) >= 11 is 0. The first kappa shape index (κ1) is 11.6. The fourth-order valence-electron chi connectivity index (χ4n) is 2.24. The number of rotatable bonds is 2. The first-order chi connectivity index (χ1) is 9.28. The Labute approximate surface area is 111 Å². The molecule has 0 spiro atoms. The highest BCUT2D eigenvalue weighted by Crippen LogP contribution is 2.26. The van der Waals surface area contributed by atoms with Gasteiger partial charge in [-0.25, -0.2) is 0 Å². The van der Waals surface area contributed by atoms with E-state index in [2.05, 4.69) is 11.1 Å². The number of aromatic nitrogens is 1. The monoisotopic (exact) mass is 247 g/mol. The van der Waals surface area contributed by atoms with Crippen LogP contribution in [0.15, 0.2) is 54.7 Å². The number of carbonyl (C=O) groups excluding carboxylic acids is 1. The first-order valence-corrected chi connectivity index (χ1v) is 6.19. The molecule has 0 aliphatic carbocycles. The third-order valence-corrected chi connectivity index (χ3v) is 3.30. The summed E-state index contributed by atoms with van der Waals surface area (Å²) in [6, 6.07) is 15.8. The second-order valence-corrected chi connectivity index (χ2v) is 4.61. The lowest BCUT2D eigenvalue weighted by atomic mass is 9.98. The molecule has 0 aliphatic heterocycles. The summed E-state index contributed by atoms with van der Waals surface area (Å²) in [5, 5.41) is 1.11. The minimum atomic E-state index is 0.689. The molecule has 2 heteroatoms. The Kier molecular flexibility index (Phi) is 2.84. The molecule has 0 saturated carbocycles. The van der Waals surface area contributed by atoms with Crippen LogP contribution in [0.5, 0.6) is 0 Å². The van der Waals surface area contributed by atoms with Crippen molar-refractivity contribution in [1.29, 1.82) is 0 Å². The number of fused-ring (bicyclic) bond motifs is 1. The van der Waals surface area contributed by atoms with Gasteiger partial charge in [-0.1, -0.05) is 30.3 Å². The molecule has 0 saturated heterocycles. The molecule has 0 atom stereocenters. The fourth-order valence-corrected chi connectivity index (χ4v) is 2.24. The Hall–Kier alpha value is -2.48. The number of pyridine rings is 1. The van der Waals surface area contributed by atoms with Crippen LogP contribution in [0.3, 0.4) is 0 Å². The maximum absolute atomic E-state index is 10.9. The zero-order valence-corrected chi connectivity index (χ0v) is 10.6. The van der Waals surface area contributed by atoms with Crippen LogP contribution in [0, 0.1) is 6.92 Å². The molecule has 2 nitrogen and oxygen atoms in total. The first-order valence-electron chi connectivity index (χ1n) is 6.19. The van der Waals surface area contributed by atoms with E-state index < -0.39 is 0 Å². The molecule has 3 rings (SSSR count). The van der Waals surface area contributed by atoms with Gasteiger partial charge in [0.2, 0.25) is 0 Å². The summed E-state index contributed by atoms with van der Waals surface area (Å²) in [7, 11) is 0. The van der Waals surface area contributed by atoms with Crippen LogP contribution in [-0.2, 0) is 0 Å². The normalized spacial score (nSPS) is 10.6. The second kappa shape index (κ2) is 4.65. The Bertz CT molecular complexity index is 762. The highest BCUT2D eigenvalue weighted by atomic mass is 16.1. The van der Waals surface area contributed by atoms with Crippen molar-refractivity contribution >= 4 is 17.2 Å². The van der Waals surface area contributed by atoms with Gasteiger partial charge in [0.1, 0.15) is 6.29 Å². The number of benzene rings is 2. The van der Waals surface area contributed by atoms with Crippen LogP contribution in [0.4, 0.5) is 0 Å². The van der Waals surface area contributed by atoms with Crippen LogP contribution in [-0.4, -0.2) is 11.3 Å². The fraction of sp³-hybridized carbons (Fsp3) is 0.0588. The number of aryl methyl sites for hydroxylation is 1. The van der Waals surface area contributed by atoms with Gasteiger partial charge in [0.15, 0.2) is 0 Å². The van der Waals surface area contributed by atoms with Gasteiger partial charge in [-0.3, -0.25) is 9.78 Å². The van der Waals surface area contributed by atoms with Crippen molar-refractivity contribution in [2.75, 3.05) is 0 Å². The predicted octanol–water partition coefficient (Wildman–Crippen LogP) is 4.02. The smallest absolute Gasteiger partial charge is 0.150 e. The average molecular weight is 247 g/mol. The highest BCUT2D eigenvalue weighted by Gasteiger charge is 2.05. The average Bonchev–Trinajstić information content (AvgIpc) is 2.47. The Morgan fingerprint density at radius 2 is 1.89 bits per heavy atom. The molecule has 2 aromatic carbocycles. The molecule has 1 heterocycles. The van der Waals surface area contributed by atoms with Gasteiger partial charge in [-0.05, 0) is 36.2 Å². The quantitative estimate of drug-likeness (QED) is 0.640. The molecule has 1 aromatic heterocycles. The van der Waals surface area contributed by atoms with Gasteiger partial charge in [0.25, 0.3) is 0 Å². The second-order valence-electron chi connectivity index (χ2n) is 4.61. The molecule has 0 fully saturated rings. The lowest BCUT2D eigenvalue weighted by Crippen LogP contribution is -1.89. The van der Waals surface area contributed by atoms with Crippen molar-refractivity contribution in [1.82, 2.24) is 4.98 Å². The molecule has 0 bridgehead atoms. The number of hydrogen-bond acceptors (Lipinski definition) is 2. The molecule has 19 heavy (non-hydrogen) atoms. The maximum Gasteiger partial charge on any atom is 0.150 e. The lowest BCUT2D eigenvalue weighted by Gasteiger charge is -2.07. The maximum atomic E-state index is 10.9. The summed E-state index contributed by atoms with van der Waals surface area (Å²) in [4.78, 5) is 15.4. The van der Waals surface area contributed by atoms with Crippen LogP contribution in [0.2, 0.25) is 0 Å². The van der Waals surface area contributed by atoms with E-state index in [4.69, 9.17) is 0 Å². The van der Waals surface area contributed by atoms with Crippen LogP contribution >= 0.6 is 0 Å². The molecule has 3 aromatic rings. The van der Waals surface area contributed by atoms with E-state index in [1.54, 1.807) is 0 Å². The van der Waals surface area contributed by atoms with Gasteiger partial charge in [-0.2, -0.15) is 0 Å². The minimum Gasteiger partial charge on any atom is -0.298 e. The van der Waals surface area contributed by atoms with E-state index in [0.717, 1.165) is 33.9 Å². The Morgan fingerprint density at radius 1 is 1.05 bits per heavy atom. The molecule has 0 amide bonds. The summed E-state index contributed by atoms with van der Waals surface area (Å²) in [6.45, 7) is 2.04. The number of hydrogen-bond donors (Lipinski definition) is 0. The van der Waals surface area contributed by atoms with Crippen LogP contribution in [0.25, 0.3) is 22.0 Å². The van der Waals surface area contributed by atoms with E-state index in [0.29, 0.717) is 5.56 Å². The van der Waals surface area contributed by atoms with Gasteiger partial charge in [0.05, 0.1) is 5.52 Å². The summed E-state index contributed by atoms with van der Waals surface area (Å²) in [5.74, 6) is 0. The lowest BCUT2D eigenvalue weighted by molar-refractivity contribution is 0.112. The van der Waals surface area contributed by atoms with E-state index >= 15 is 0 Å². The number of aldehydes is 1. The molecule has 92 valence electrons. The SMILES string of the molecule is Cc1ccc(C=O)cc1-c1cnc2ccccc2c1. The molecule has 0 aliphatic rings. The van der Waals surface area contributed by atoms with Gasteiger partial charge < -0.3 is 0 Å². The van der Waals surface area contributed by atoms with Crippen molar-refractivity contribution in [2.45, 2.75) is 6.92 Å². The third-order valence-electron chi connectivity index (χ3n) is 3.30. The van der Waals surface area contributed by atoms with E-state index in [-0.39, 0.29) is 0 Å². The molecule has 0 N–H and O–H groups in total. The van der Waals surface area contributed by atoms with Crippen molar-refractivity contribution in [3.8, 4) is 11.1 Å². The van der Waals surface area contributed by atoms with Crippen molar-refractivity contribution in [3.05, 3.63) is 65.9 Å². The van der Waals surface area contributed by atoms with Crippen molar-refractivity contribution in [3.63, 3.8) is 0 Å². The third kappa shape index (κ3) is 2.13. The number of nitrogens with zero attached hydrogens (tertiary/aromatic N) is 1. The van der Waals surface area contributed by atoms with Crippen molar-refractivity contribution < 1.29 is 4.79 Å². The highest BCUT2D eigenvalue weighted by molar-refractivity contribution is 5.86. The topological polar surface area (TPSA) is 30.0 Å². The minimum absolute atomic E-state index is 0.689.